The minimum atomic E-state index is -0.919. The molecule has 0 bridgehead atoms. The fourth-order valence-corrected chi connectivity index (χ4v) is 2.42. The van der Waals surface area contributed by atoms with Gasteiger partial charge in [-0.2, -0.15) is 0 Å². The number of carboxylic acids is 1. The van der Waals surface area contributed by atoms with Gasteiger partial charge in [0.1, 0.15) is 5.75 Å². The van der Waals surface area contributed by atoms with Gasteiger partial charge in [0.05, 0.1) is 17.0 Å². The van der Waals surface area contributed by atoms with Crippen molar-refractivity contribution in [2.24, 2.45) is 11.7 Å². The molecular weight excluding hydrogens is 298 g/mol. The summed E-state index contributed by atoms with van der Waals surface area (Å²) in [4.78, 5) is 11.1. The van der Waals surface area contributed by atoms with Crippen molar-refractivity contribution in [1.29, 1.82) is 0 Å². The van der Waals surface area contributed by atoms with E-state index >= 15 is 0 Å². The lowest BCUT2D eigenvalue weighted by molar-refractivity contribution is -0.138. The van der Waals surface area contributed by atoms with Gasteiger partial charge in [0, 0.05) is 6.54 Å². The number of halogens is 1. The summed E-state index contributed by atoms with van der Waals surface area (Å²) < 4.78 is 6.39. The number of aliphatic carboxylic acids is 1. The third kappa shape index (κ3) is 3.03. The lowest BCUT2D eigenvalue weighted by Gasteiger charge is -2.15. The maximum absolute atomic E-state index is 11.1. The van der Waals surface area contributed by atoms with Crippen LogP contribution in [0.4, 0.5) is 0 Å². The molecule has 0 heterocycles. The lowest BCUT2D eigenvalue weighted by Crippen LogP contribution is -2.21. The van der Waals surface area contributed by atoms with E-state index in [0.717, 1.165) is 0 Å². The molecular formula is C13H16BrNO3. The Bertz CT molecular complexity index is 446. The van der Waals surface area contributed by atoms with Crippen LogP contribution < -0.4 is 10.5 Å². The van der Waals surface area contributed by atoms with E-state index in [9.17, 15) is 4.79 Å². The second kappa shape index (κ2) is 5.71. The summed E-state index contributed by atoms with van der Waals surface area (Å²) in [5.41, 5.74) is 6.18. The molecule has 5 heteroatoms. The fraction of sp³-hybridized carbons (Fsp3) is 0.462. The molecule has 0 radical (unpaired) electrons. The van der Waals surface area contributed by atoms with Gasteiger partial charge in [-0.05, 0) is 46.3 Å². The van der Waals surface area contributed by atoms with E-state index in [4.69, 9.17) is 15.6 Å². The van der Waals surface area contributed by atoms with Gasteiger partial charge in [0.2, 0.25) is 0 Å². The van der Waals surface area contributed by atoms with Gasteiger partial charge < -0.3 is 15.6 Å². The topological polar surface area (TPSA) is 72.6 Å². The molecule has 4 nitrogen and oxygen atoms in total. The molecule has 1 fully saturated rings. The Morgan fingerprint density at radius 3 is 2.83 bits per heavy atom. The Morgan fingerprint density at radius 2 is 2.28 bits per heavy atom. The van der Waals surface area contributed by atoms with Crippen LogP contribution in [-0.4, -0.2) is 24.2 Å². The molecule has 1 atom stereocenters. The van der Waals surface area contributed by atoms with E-state index in [1.807, 2.05) is 6.07 Å². The number of benzene rings is 1. The van der Waals surface area contributed by atoms with E-state index in [-0.39, 0.29) is 6.54 Å². The maximum atomic E-state index is 11.1. The van der Waals surface area contributed by atoms with E-state index < -0.39 is 11.9 Å². The van der Waals surface area contributed by atoms with Gasteiger partial charge in [0.15, 0.2) is 0 Å². The molecule has 0 amide bonds. The van der Waals surface area contributed by atoms with Crippen LogP contribution in [0.25, 0.3) is 0 Å². The Balaban J connectivity index is 2.19. The molecule has 1 aliphatic rings. The normalized spacial score (nSPS) is 16.3. The number of rotatable bonds is 6. The highest BCUT2D eigenvalue weighted by Crippen LogP contribution is 2.35. The Morgan fingerprint density at radius 1 is 1.56 bits per heavy atom. The van der Waals surface area contributed by atoms with Crippen LogP contribution in [0.15, 0.2) is 22.7 Å². The smallest absolute Gasteiger partial charge is 0.312 e. The fourth-order valence-electron chi connectivity index (χ4n) is 1.76. The van der Waals surface area contributed by atoms with Gasteiger partial charge in [0.25, 0.3) is 0 Å². The second-order valence-corrected chi connectivity index (χ2v) is 5.33. The summed E-state index contributed by atoms with van der Waals surface area (Å²) in [6, 6.07) is 5.40. The summed E-state index contributed by atoms with van der Waals surface area (Å²) >= 11 is 3.42. The largest absolute Gasteiger partial charge is 0.492 e. The molecule has 1 aromatic rings. The second-order valence-electron chi connectivity index (χ2n) is 4.54. The number of hydrogen-bond donors (Lipinski definition) is 2. The predicted octanol–water partition coefficient (Wildman–Crippen LogP) is 2.36. The van der Waals surface area contributed by atoms with Gasteiger partial charge >= 0.3 is 5.97 Å². The Labute approximate surface area is 114 Å². The molecule has 2 rings (SSSR count). The van der Waals surface area contributed by atoms with Crippen molar-refractivity contribution in [2.75, 3.05) is 13.2 Å². The van der Waals surface area contributed by atoms with Crippen LogP contribution in [0.2, 0.25) is 0 Å². The number of carboxylic acid groups (broad SMARTS) is 1. The number of nitrogens with two attached hydrogens (primary N) is 1. The molecule has 18 heavy (non-hydrogen) atoms. The summed E-state index contributed by atoms with van der Waals surface area (Å²) in [7, 11) is 0. The third-order valence-corrected chi connectivity index (χ3v) is 3.92. The summed E-state index contributed by atoms with van der Waals surface area (Å²) in [6.45, 7) is 0.766. The standard InChI is InChI=1S/C13H16BrNO3/c14-12-9(10(6-15)13(16)17)2-1-3-11(12)18-7-8-4-5-8/h1-3,8,10H,4-7,15H2,(H,16,17). The zero-order valence-electron chi connectivity index (χ0n) is 9.93. The molecule has 1 unspecified atom stereocenters. The summed E-state index contributed by atoms with van der Waals surface area (Å²) in [5.74, 6) is -0.272. The average molecular weight is 314 g/mol. The Hall–Kier alpha value is -1.07. The van der Waals surface area contributed by atoms with E-state index in [2.05, 4.69) is 15.9 Å². The van der Waals surface area contributed by atoms with Gasteiger partial charge in [-0.3, -0.25) is 4.79 Å². The minimum Gasteiger partial charge on any atom is -0.492 e. The molecule has 0 aliphatic heterocycles. The monoisotopic (exact) mass is 313 g/mol. The molecule has 98 valence electrons. The average Bonchev–Trinajstić information content (AvgIpc) is 3.14. The highest BCUT2D eigenvalue weighted by atomic mass is 79.9. The van der Waals surface area contributed by atoms with Crippen LogP contribution in [0.1, 0.15) is 24.3 Å². The molecule has 1 aliphatic carbocycles. The van der Waals surface area contributed by atoms with Crippen LogP contribution in [0.3, 0.4) is 0 Å². The molecule has 0 aromatic heterocycles. The van der Waals surface area contributed by atoms with Gasteiger partial charge in [-0.15, -0.1) is 0 Å². The van der Waals surface area contributed by atoms with Crippen LogP contribution in [0, 0.1) is 5.92 Å². The number of carbonyl (C=O) groups is 1. The van der Waals surface area contributed by atoms with Crippen molar-refractivity contribution in [1.82, 2.24) is 0 Å². The van der Waals surface area contributed by atoms with Crippen molar-refractivity contribution >= 4 is 21.9 Å². The quantitative estimate of drug-likeness (QED) is 0.845. The maximum Gasteiger partial charge on any atom is 0.312 e. The lowest BCUT2D eigenvalue weighted by atomic mass is 9.99. The summed E-state index contributed by atoms with van der Waals surface area (Å²) in [5, 5.41) is 9.13. The van der Waals surface area contributed by atoms with Gasteiger partial charge in [-0.1, -0.05) is 12.1 Å². The SMILES string of the molecule is NCC(C(=O)O)c1cccc(OCC2CC2)c1Br. The first kappa shape index (κ1) is 13.4. The minimum absolute atomic E-state index is 0.0695. The van der Waals surface area contributed by atoms with Gasteiger partial charge in [-0.25, -0.2) is 0 Å². The molecule has 1 aromatic carbocycles. The molecule has 1 saturated carbocycles. The summed E-state index contributed by atoms with van der Waals surface area (Å²) in [6.07, 6.45) is 2.44. The first-order valence-corrected chi connectivity index (χ1v) is 6.77. The number of hydrogen-bond acceptors (Lipinski definition) is 3. The van der Waals surface area contributed by atoms with Crippen LogP contribution in [0.5, 0.6) is 5.75 Å². The van der Waals surface area contributed by atoms with E-state index in [1.165, 1.54) is 12.8 Å². The predicted molar refractivity (Wildman–Crippen MR) is 71.8 cm³/mol. The van der Waals surface area contributed by atoms with Crippen molar-refractivity contribution in [3.05, 3.63) is 28.2 Å². The van der Waals surface area contributed by atoms with E-state index in [0.29, 0.717) is 28.3 Å². The van der Waals surface area contributed by atoms with Crippen molar-refractivity contribution < 1.29 is 14.6 Å². The first-order chi connectivity index (χ1) is 8.63. The highest BCUT2D eigenvalue weighted by molar-refractivity contribution is 9.10. The molecule has 3 N–H and O–H groups in total. The first-order valence-electron chi connectivity index (χ1n) is 5.97. The van der Waals surface area contributed by atoms with Crippen molar-refractivity contribution in [3.8, 4) is 5.75 Å². The van der Waals surface area contributed by atoms with Crippen molar-refractivity contribution in [3.63, 3.8) is 0 Å². The zero-order chi connectivity index (χ0) is 13.1. The molecule has 0 saturated heterocycles. The van der Waals surface area contributed by atoms with Crippen LogP contribution >= 0.6 is 15.9 Å². The molecule has 0 spiro atoms. The Kier molecular flexibility index (Phi) is 4.24. The van der Waals surface area contributed by atoms with Crippen LogP contribution in [-0.2, 0) is 4.79 Å². The number of ether oxygens (including phenoxy) is 1. The van der Waals surface area contributed by atoms with Crippen molar-refractivity contribution in [2.45, 2.75) is 18.8 Å². The highest BCUT2D eigenvalue weighted by Gasteiger charge is 2.24. The van der Waals surface area contributed by atoms with E-state index in [1.54, 1.807) is 12.1 Å². The third-order valence-electron chi connectivity index (χ3n) is 3.07. The zero-order valence-corrected chi connectivity index (χ0v) is 11.5.